The van der Waals surface area contributed by atoms with Crippen molar-refractivity contribution >= 4 is 6.21 Å². The summed E-state index contributed by atoms with van der Waals surface area (Å²) in [7, 11) is 0. The fourth-order valence-corrected chi connectivity index (χ4v) is 0.305. The van der Waals surface area contributed by atoms with E-state index in [4.69, 9.17) is 5.41 Å². The van der Waals surface area contributed by atoms with E-state index in [0.717, 1.165) is 6.42 Å². The topological polar surface area (TPSA) is 23.9 Å². The maximum atomic E-state index is 6.96. The summed E-state index contributed by atoms with van der Waals surface area (Å²) in [6, 6.07) is 0. The highest BCUT2D eigenvalue weighted by Gasteiger charge is 2.11. The number of allylic oxidation sites excluding steroid dienone is 1. The molecule has 0 fully saturated rings. The first-order valence-corrected chi connectivity index (χ1v) is 2.83. The highest BCUT2D eigenvalue weighted by molar-refractivity contribution is 5.64. The molecule has 0 aromatic carbocycles. The van der Waals surface area contributed by atoms with Gasteiger partial charge in [-0.05, 0) is 6.42 Å². The monoisotopic (exact) mass is 111 g/mol. The second kappa shape index (κ2) is 2.65. The second-order valence-corrected chi connectivity index (χ2v) is 2.21. The Morgan fingerprint density at radius 1 is 1.75 bits per heavy atom. The van der Waals surface area contributed by atoms with Crippen LogP contribution in [-0.2, 0) is 0 Å². The molecule has 1 atom stereocenters. The molecule has 0 bridgehead atoms. The molecule has 1 unspecified atom stereocenters. The molecular weight excluding hydrogens is 98.1 g/mol. The lowest BCUT2D eigenvalue weighted by Crippen LogP contribution is -2.11. The molecule has 0 aliphatic rings. The van der Waals surface area contributed by atoms with Gasteiger partial charge >= 0.3 is 0 Å². The van der Waals surface area contributed by atoms with Gasteiger partial charge in [-0.25, -0.2) is 0 Å². The molecule has 0 radical (unpaired) electrons. The Bertz CT molecular complexity index is 86.6. The van der Waals surface area contributed by atoms with Crippen LogP contribution < -0.4 is 0 Å². The lowest BCUT2D eigenvalue weighted by molar-refractivity contribution is 0.585. The van der Waals surface area contributed by atoms with E-state index in [0.29, 0.717) is 0 Å². The molecule has 1 heteroatoms. The van der Waals surface area contributed by atoms with Gasteiger partial charge in [0, 0.05) is 11.6 Å². The molecule has 0 saturated heterocycles. The van der Waals surface area contributed by atoms with E-state index in [1.54, 1.807) is 6.08 Å². The van der Waals surface area contributed by atoms with Gasteiger partial charge < -0.3 is 5.41 Å². The lowest BCUT2D eigenvalue weighted by Gasteiger charge is -2.15. The highest BCUT2D eigenvalue weighted by Crippen LogP contribution is 2.17. The van der Waals surface area contributed by atoms with Crippen LogP contribution in [0.2, 0.25) is 0 Å². The van der Waals surface area contributed by atoms with Crippen LogP contribution in [0.4, 0.5) is 0 Å². The zero-order chi connectivity index (χ0) is 6.62. The second-order valence-electron chi connectivity index (χ2n) is 2.21. The SMILES string of the molecule is C=CC(C)(C=N)CC. The van der Waals surface area contributed by atoms with E-state index in [2.05, 4.69) is 6.58 Å². The number of hydrogen-bond acceptors (Lipinski definition) is 1. The number of nitrogens with one attached hydrogen (secondary N) is 1. The van der Waals surface area contributed by atoms with Crippen molar-refractivity contribution in [2.45, 2.75) is 20.3 Å². The van der Waals surface area contributed by atoms with Crippen LogP contribution in [0.5, 0.6) is 0 Å². The molecule has 0 saturated carbocycles. The van der Waals surface area contributed by atoms with Crippen molar-refractivity contribution in [3.63, 3.8) is 0 Å². The van der Waals surface area contributed by atoms with Gasteiger partial charge in [-0.3, -0.25) is 0 Å². The fourth-order valence-electron chi connectivity index (χ4n) is 0.305. The van der Waals surface area contributed by atoms with Crippen LogP contribution in [-0.4, -0.2) is 6.21 Å². The van der Waals surface area contributed by atoms with Crippen LogP contribution in [0.15, 0.2) is 12.7 Å². The van der Waals surface area contributed by atoms with Crippen molar-refractivity contribution in [1.82, 2.24) is 0 Å². The third kappa shape index (κ3) is 1.49. The van der Waals surface area contributed by atoms with E-state index in [1.165, 1.54) is 6.21 Å². The Labute approximate surface area is 50.9 Å². The highest BCUT2D eigenvalue weighted by atomic mass is 14.4. The summed E-state index contributed by atoms with van der Waals surface area (Å²) >= 11 is 0. The summed E-state index contributed by atoms with van der Waals surface area (Å²) in [6.45, 7) is 7.66. The maximum absolute atomic E-state index is 6.96. The predicted molar refractivity (Wildman–Crippen MR) is 37.4 cm³/mol. The summed E-state index contributed by atoms with van der Waals surface area (Å²) in [5.41, 5.74) is -0.0694. The van der Waals surface area contributed by atoms with Gasteiger partial charge in [0.1, 0.15) is 0 Å². The zero-order valence-corrected chi connectivity index (χ0v) is 5.57. The molecule has 1 nitrogen and oxygen atoms in total. The van der Waals surface area contributed by atoms with Crippen molar-refractivity contribution in [3.05, 3.63) is 12.7 Å². The molecule has 0 amide bonds. The average Bonchev–Trinajstić information content (AvgIpc) is 1.87. The quantitative estimate of drug-likeness (QED) is 0.426. The number of rotatable bonds is 3. The molecular formula is C7H13N. The molecule has 1 N–H and O–H groups in total. The summed E-state index contributed by atoms with van der Waals surface area (Å²) in [6.07, 6.45) is 4.19. The molecule has 0 aliphatic heterocycles. The summed E-state index contributed by atoms with van der Waals surface area (Å²) < 4.78 is 0. The van der Waals surface area contributed by atoms with E-state index < -0.39 is 0 Å². The fraction of sp³-hybridized carbons (Fsp3) is 0.571. The van der Waals surface area contributed by atoms with E-state index in [-0.39, 0.29) is 5.41 Å². The zero-order valence-electron chi connectivity index (χ0n) is 5.57. The molecule has 0 aliphatic carbocycles. The van der Waals surface area contributed by atoms with Crippen molar-refractivity contribution < 1.29 is 0 Å². The van der Waals surface area contributed by atoms with Crippen LogP contribution in [0.3, 0.4) is 0 Å². The van der Waals surface area contributed by atoms with Gasteiger partial charge in [0.2, 0.25) is 0 Å². The van der Waals surface area contributed by atoms with Gasteiger partial charge in [0.15, 0.2) is 0 Å². The lowest BCUT2D eigenvalue weighted by atomic mass is 9.90. The van der Waals surface area contributed by atoms with E-state index in [9.17, 15) is 0 Å². The molecule has 0 heterocycles. The van der Waals surface area contributed by atoms with E-state index >= 15 is 0 Å². The standard InChI is InChI=1S/C7H13N/c1-4-7(3,5-2)6-8/h4,6,8H,1,5H2,2-3H3. The molecule has 46 valence electrons. The van der Waals surface area contributed by atoms with Gasteiger partial charge in [0.25, 0.3) is 0 Å². The van der Waals surface area contributed by atoms with E-state index in [1.807, 2.05) is 13.8 Å². The van der Waals surface area contributed by atoms with Gasteiger partial charge in [0.05, 0.1) is 0 Å². The largest absolute Gasteiger partial charge is 0.312 e. The smallest absolute Gasteiger partial charge is 0.0195 e. The van der Waals surface area contributed by atoms with Crippen molar-refractivity contribution in [1.29, 1.82) is 5.41 Å². The summed E-state index contributed by atoms with van der Waals surface area (Å²) in [4.78, 5) is 0. The summed E-state index contributed by atoms with van der Waals surface area (Å²) in [5, 5.41) is 6.96. The first-order chi connectivity index (χ1) is 3.68. The Balaban J connectivity index is 3.96. The predicted octanol–water partition coefficient (Wildman–Crippen LogP) is 2.24. The third-order valence-corrected chi connectivity index (χ3v) is 1.56. The molecule has 0 spiro atoms. The van der Waals surface area contributed by atoms with Crippen molar-refractivity contribution in [3.8, 4) is 0 Å². The van der Waals surface area contributed by atoms with Crippen LogP contribution in [0, 0.1) is 10.8 Å². The van der Waals surface area contributed by atoms with Gasteiger partial charge in [-0.2, -0.15) is 0 Å². The number of hydrogen-bond donors (Lipinski definition) is 1. The van der Waals surface area contributed by atoms with Gasteiger partial charge in [-0.15, -0.1) is 6.58 Å². The third-order valence-electron chi connectivity index (χ3n) is 1.56. The Hall–Kier alpha value is -0.590. The first kappa shape index (κ1) is 7.41. The van der Waals surface area contributed by atoms with Crippen molar-refractivity contribution in [2.75, 3.05) is 0 Å². The first-order valence-electron chi connectivity index (χ1n) is 2.83. The average molecular weight is 111 g/mol. The Kier molecular flexibility index (Phi) is 2.46. The molecule has 8 heavy (non-hydrogen) atoms. The summed E-state index contributed by atoms with van der Waals surface area (Å²) in [5.74, 6) is 0. The maximum Gasteiger partial charge on any atom is 0.0195 e. The van der Waals surface area contributed by atoms with Gasteiger partial charge in [-0.1, -0.05) is 19.9 Å². The normalized spacial score (nSPS) is 16.8. The Morgan fingerprint density at radius 3 is 2.25 bits per heavy atom. The van der Waals surface area contributed by atoms with Crippen molar-refractivity contribution in [2.24, 2.45) is 5.41 Å². The molecule has 0 aromatic rings. The van der Waals surface area contributed by atoms with Crippen LogP contribution in [0.1, 0.15) is 20.3 Å². The Morgan fingerprint density at radius 2 is 2.25 bits per heavy atom. The molecule has 0 rings (SSSR count). The minimum Gasteiger partial charge on any atom is -0.312 e. The van der Waals surface area contributed by atoms with Crippen LogP contribution in [0.25, 0.3) is 0 Å². The van der Waals surface area contributed by atoms with Crippen LogP contribution >= 0.6 is 0 Å². The minimum absolute atomic E-state index is 0.0694. The molecule has 0 aromatic heterocycles. The minimum atomic E-state index is -0.0694.